The smallest absolute Gasteiger partial charge is 0.378 e. The van der Waals surface area contributed by atoms with Gasteiger partial charge in [-0.2, -0.15) is 4.31 Å². The SMILES string of the molecule is C=O.CC.CCCNCc1ccc(C[C@@H](CCN(CC(C)C)S(=O)(=O)c2ccc(OC)cc2)NC(=O)N=O)cc1.CCCOC(=O)[C@H](C)OC.CCC[C@@H](CC)CCO.CO.COc1c(C)cccc1C. The van der Waals surface area contributed by atoms with Crippen LogP contribution < -0.4 is 20.1 Å². The van der Waals surface area contributed by atoms with Gasteiger partial charge in [0.05, 0.1) is 25.7 Å². The summed E-state index contributed by atoms with van der Waals surface area (Å²) in [4.78, 5) is 41.5. The Hall–Kier alpha value is -4.78. The van der Waals surface area contributed by atoms with Crippen molar-refractivity contribution < 1.29 is 52.0 Å². The predicted octanol–water partition coefficient (Wildman–Crippen LogP) is 10.3. The van der Waals surface area contributed by atoms with Gasteiger partial charge in [0.15, 0.2) is 6.10 Å². The number of urea groups is 1. The van der Waals surface area contributed by atoms with Crippen LogP contribution in [0.1, 0.15) is 130 Å². The zero-order valence-electron chi connectivity index (χ0n) is 46.0. The third kappa shape index (κ3) is 34.3. The first-order chi connectivity index (χ1) is 34.0. The molecule has 0 fully saturated rings. The van der Waals surface area contributed by atoms with Crippen molar-refractivity contribution in [1.82, 2.24) is 14.9 Å². The average Bonchev–Trinajstić information content (AvgIpc) is 3.39. The first-order valence-electron chi connectivity index (χ1n) is 24.7. The van der Waals surface area contributed by atoms with Gasteiger partial charge in [0.25, 0.3) is 0 Å². The lowest BCUT2D eigenvalue weighted by Gasteiger charge is -2.26. The van der Waals surface area contributed by atoms with E-state index in [1.165, 1.54) is 61.0 Å². The maximum atomic E-state index is 13.4. The zero-order valence-corrected chi connectivity index (χ0v) is 46.9. The minimum Gasteiger partial charge on any atom is -0.497 e. The number of nitrogens with zero attached hydrogens (tertiary/aromatic N) is 2. The molecule has 71 heavy (non-hydrogen) atoms. The number of methoxy groups -OCH3 is 3. The highest BCUT2D eigenvalue weighted by molar-refractivity contribution is 7.89. The molecule has 0 saturated carbocycles. The van der Waals surface area contributed by atoms with Gasteiger partial charge >= 0.3 is 12.0 Å². The first kappa shape index (κ1) is 72.8. The van der Waals surface area contributed by atoms with E-state index < -0.39 is 28.2 Å². The van der Waals surface area contributed by atoms with Crippen LogP contribution >= 0.6 is 0 Å². The molecule has 3 atom stereocenters. The van der Waals surface area contributed by atoms with Crippen LogP contribution in [0.25, 0.3) is 0 Å². The molecule has 0 unspecified atom stereocenters. The molecule has 2 amide bonds. The zero-order chi connectivity index (χ0) is 55.2. The number of aliphatic hydroxyl groups is 2. The number of carbonyl (C=O) groups excluding carboxylic acids is 3. The molecule has 0 aromatic heterocycles. The fourth-order valence-corrected chi connectivity index (χ4v) is 8.13. The highest BCUT2D eigenvalue weighted by Gasteiger charge is 2.27. The minimum atomic E-state index is -3.77. The summed E-state index contributed by atoms with van der Waals surface area (Å²) >= 11 is 0. The highest BCUT2D eigenvalue weighted by Crippen LogP contribution is 2.23. The number of ether oxygens (including phenoxy) is 4. The van der Waals surface area contributed by atoms with E-state index >= 15 is 0 Å². The summed E-state index contributed by atoms with van der Waals surface area (Å²) in [6, 6.07) is 19.0. The van der Waals surface area contributed by atoms with Gasteiger partial charge in [0.1, 0.15) is 18.3 Å². The quantitative estimate of drug-likeness (QED) is 0.0353. The molecule has 0 saturated heterocycles. The number of hydrogen-bond acceptors (Lipinski definition) is 13. The van der Waals surface area contributed by atoms with Gasteiger partial charge in [-0.25, -0.2) is 18.0 Å². The lowest BCUT2D eigenvalue weighted by molar-refractivity contribution is -0.154. The van der Waals surface area contributed by atoms with Gasteiger partial charge in [-0.05, 0) is 118 Å². The van der Waals surface area contributed by atoms with Crippen LogP contribution in [-0.4, -0.2) is 115 Å². The van der Waals surface area contributed by atoms with Gasteiger partial charge in [-0.3, -0.25) is 0 Å². The molecule has 3 rings (SSSR count). The number of benzene rings is 3. The largest absolute Gasteiger partial charge is 0.497 e. The van der Waals surface area contributed by atoms with Gasteiger partial charge < -0.3 is 44.6 Å². The number of sulfonamides is 1. The molecule has 0 bridgehead atoms. The van der Waals surface area contributed by atoms with Crippen LogP contribution in [0.15, 0.2) is 76.8 Å². The monoisotopic (exact) mass is 1020 g/mol. The number of para-hydroxylation sites is 1. The van der Waals surface area contributed by atoms with Crippen molar-refractivity contribution in [2.45, 2.75) is 151 Å². The second-order valence-corrected chi connectivity index (χ2v) is 18.1. The van der Waals surface area contributed by atoms with Crippen molar-refractivity contribution in [3.8, 4) is 11.5 Å². The van der Waals surface area contributed by atoms with Crippen LogP contribution in [-0.2, 0) is 42.1 Å². The summed E-state index contributed by atoms with van der Waals surface area (Å²) in [5.74, 6) is 2.14. The van der Waals surface area contributed by atoms with E-state index in [1.54, 1.807) is 26.2 Å². The Labute approximate surface area is 429 Å². The second-order valence-electron chi connectivity index (χ2n) is 16.2. The van der Waals surface area contributed by atoms with Crippen molar-refractivity contribution in [2.75, 3.05) is 61.3 Å². The van der Waals surface area contributed by atoms with Crippen molar-refractivity contribution in [3.63, 3.8) is 0 Å². The molecule has 3 aromatic rings. The van der Waals surface area contributed by atoms with Gasteiger partial charge in [0.2, 0.25) is 10.0 Å². The lowest BCUT2D eigenvalue weighted by Crippen LogP contribution is -2.41. The van der Waals surface area contributed by atoms with E-state index in [9.17, 15) is 22.9 Å². The lowest BCUT2D eigenvalue weighted by atomic mass is 9.98. The number of amides is 2. The fourth-order valence-electron chi connectivity index (χ4n) is 6.51. The van der Waals surface area contributed by atoms with E-state index in [1.807, 2.05) is 97.7 Å². The van der Waals surface area contributed by atoms with Gasteiger partial charge in [-0.15, -0.1) is 4.91 Å². The molecule has 0 aliphatic heterocycles. The molecule has 0 aliphatic rings. The van der Waals surface area contributed by atoms with Crippen LogP contribution in [0.2, 0.25) is 0 Å². The molecule has 0 radical (unpaired) electrons. The summed E-state index contributed by atoms with van der Waals surface area (Å²) in [5.41, 5.74) is 4.51. The molecule has 408 valence electrons. The summed E-state index contributed by atoms with van der Waals surface area (Å²) in [6.07, 6.45) is 6.97. The summed E-state index contributed by atoms with van der Waals surface area (Å²) in [5, 5.41) is 24.0. The number of esters is 1. The molecule has 4 N–H and O–H groups in total. The van der Waals surface area contributed by atoms with Crippen LogP contribution in [0.3, 0.4) is 0 Å². The molecule has 3 aromatic carbocycles. The molecule has 0 aliphatic carbocycles. The number of rotatable bonds is 25. The Kier molecular flexibility index (Phi) is 48.7. The fraction of sp³-hybridized carbons (Fsp3) is 0.611. The van der Waals surface area contributed by atoms with E-state index in [-0.39, 0.29) is 23.3 Å². The topological polar surface area (TPSA) is 219 Å². The summed E-state index contributed by atoms with van der Waals surface area (Å²) < 4.78 is 48.0. The Morgan fingerprint density at radius 3 is 1.77 bits per heavy atom. The minimum absolute atomic E-state index is 0.0940. The van der Waals surface area contributed by atoms with E-state index in [2.05, 4.69) is 36.6 Å². The van der Waals surface area contributed by atoms with Gasteiger partial charge in [0, 0.05) is 51.7 Å². The third-order valence-corrected chi connectivity index (χ3v) is 12.1. The Balaban J connectivity index is -0.000000516. The molecular weight excluding hydrogens is 929 g/mol. The maximum absolute atomic E-state index is 13.4. The predicted molar refractivity (Wildman–Crippen MR) is 289 cm³/mol. The summed E-state index contributed by atoms with van der Waals surface area (Å²) in [7, 11) is 1.94. The Morgan fingerprint density at radius 1 is 0.789 bits per heavy atom. The molecular formula is C54H94N4O12S. The maximum Gasteiger partial charge on any atom is 0.378 e. The van der Waals surface area contributed by atoms with Crippen molar-refractivity contribution in [1.29, 1.82) is 0 Å². The van der Waals surface area contributed by atoms with Crippen molar-refractivity contribution in [2.24, 2.45) is 17.0 Å². The van der Waals surface area contributed by atoms with Crippen molar-refractivity contribution >= 4 is 28.8 Å². The van der Waals surface area contributed by atoms with Crippen LogP contribution in [0, 0.1) is 30.6 Å². The number of hydrogen-bond donors (Lipinski definition) is 4. The van der Waals surface area contributed by atoms with Crippen molar-refractivity contribution in [3.05, 3.63) is 93.9 Å². The summed E-state index contributed by atoms with van der Waals surface area (Å²) in [6.45, 7) is 27.2. The average molecular weight is 1020 g/mol. The van der Waals surface area contributed by atoms with Gasteiger partial charge in [-0.1, -0.05) is 117 Å². The second kappa shape index (κ2) is 47.5. The number of nitroso groups, excluding NO2 is 1. The molecule has 16 nitrogen and oxygen atoms in total. The molecule has 0 heterocycles. The van der Waals surface area contributed by atoms with E-state index in [4.69, 9.17) is 34.0 Å². The van der Waals surface area contributed by atoms with Crippen LogP contribution in [0.4, 0.5) is 4.79 Å². The molecule has 0 spiro atoms. The number of carbonyl (C=O) groups is 3. The standard InChI is InChI=1S/C26H38N4O5S.C9H12O.C8H18O.C7H14O3.C2H6.CH4O.CH2O/c1-5-15-27-18-22-8-6-21(7-9-22)17-23(28-26(31)29-32)14-16-30(19-20(2)3)36(33,34)25-12-10-24(35-4)11-13-25;1-7-5-4-6-8(2)9(7)10-3;1-3-5-8(4-2)6-7-9;1-4-5-10-7(8)6(2)9-3;3*1-2/h6-13,20,23,27H,5,14-19H2,1-4H3,(H,28,31);4-6H,1-3H3;8-9H,3-7H2,1-2H3;6H,4-5H2,1-3H3;1-2H3;2H,1H3;1H2/t23-;;8-;6-;;;/m1.10.../s1. The number of aliphatic hydroxyl groups excluding tert-OH is 2. The number of nitrogens with one attached hydrogen (secondary N) is 2. The normalized spacial score (nSPS) is 11.4. The third-order valence-electron chi connectivity index (χ3n) is 10.2. The molecule has 17 heteroatoms. The number of aryl methyl sites for hydroxylation is 2. The van der Waals surface area contributed by atoms with E-state index in [0.717, 1.165) is 62.3 Å². The van der Waals surface area contributed by atoms with Crippen LogP contribution in [0.5, 0.6) is 11.5 Å². The highest BCUT2D eigenvalue weighted by atomic mass is 32.2. The van der Waals surface area contributed by atoms with E-state index in [0.29, 0.717) is 38.3 Å². The Morgan fingerprint density at radius 2 is 1.35 bits per heavy atom. The first-order valence-corrected chi connectivity index (χ1v) is 26.2. The Bertz CT molecular complexity index is 1820.